The lowest BCUT2D eigenvalue weighted by molar-refractivity contribution is 0.168. The first kappa shape index (κ1) is 14.8. The van der Waals surface area contributed by atoms with Gasteiger partial charge in [0, 0.05) is 31.0 Å². The Morgan fingerprint density at radius 3 is 2.76 bits per heavy atom. The van der Waals surface area contributed by atoms with E-state index < -0.39 is 0 Å². The number of hydrogen-bond acceptors (Lipinski definition) is 3. The average molecular weight is 307 g/mol. The van der Waals surface area contributed by atoms with Crippen molar-refractivity contribution in [2.24, 2.45) is 0 Å². The molecule has 4 nitrogen and oxygen atoms in total. The zero-order valence-corrected chi connectivity index (χ0v) is 13.5. The molecule has 3 rings (SSSR count). The number of fused-ring (bicyclic) bond motifs is 1. The number of rotatable bonds is 4. The van der Waals surface area contributed by atoms with Gasteiger partial charge in [-0.2, -0.15) is 0 Å². The second kappa shape index (κ2) is 6.34. The Hall–Kier alpha value is -1.10. The summed E-state index contributed by atoms with van der Waals surface area (Å²) in [5, 5.41) is 4.13. The van der Waals surface area contributed by atoms with Gasteiger partial charge in [0.05, 0.1) is 10.7 Å². The number of hydrogen-bond donors (Lipinski definition) is 1. The molecule has 1 N–H and O–H groups in total. The molecule has 0 spiro atoms. The number of nitrogens with zero attached hydrogens (tertiary/aromatic N) is 3. The van der Waals surface area contributed by atoms with Crippen molar-refractivity contribution in [1.29, 1.82) is 0 Å². The second-order valence-electron chi connectivity index (χ2n) is 6.05. The molecule has 114 valence electrons. The van der Waals surface area contributed by atoms with Crippen LogP contribution in [0, 0.1) is 0 Å². The molecule has 1 aliphatic rings. The molecule has 0 bridgehead atoms. The molecule has 0 aromatic carbocycles. The summed E-state index contributed by atoms with van der Waals surface area (Å²) in [6.07, 6.45) is 9.06. The molecule has 1 saturated carbocycles. The van der Waals surface area contributed by atoms with E-state index in [4.69, 9.17) is 11.6 Å². The number of imidazole rings is 1. The third kappa shape index (κ3) is 3.39. The normalized spacial score (nSPS) is 23.0. The van der Waals surface area contributed by atoms with E-state index >= 15 is 0 Å². The fourth-order valence-corrected chi connectivity index (χ4v) is 3.45. The number of halogens is 1. The molecule has 0 radical (unpaired) electrons. The Morgan fingerprint density at radius 1 is 1.29 bits per heavy atom. The summed E-state index contributed by atoms with van der Waals surface area (Å²) >= 11 is 6.02. The SMILES string of the molecule is CNC1CCC(N(C)Cc2cn3cc(Cl)ccc3n2)CC1. The predicted octanol–water partition coefficient (Wildman–Crippen LogP) is 2.95. The van der Waals surface area contributed by atoms with Gasteiger partial charge in [-0.15, -0.1) is 0 Å². The van der Waals surface area contributed by atoms with Crippen molar-refractivity contribution < 1.29 is 0 Å². The zero-order chi connectivity index (χ0) is 14.8. The van der Waals surface area contributed by atoms with Gasteiger partial charge in [0.25, 0.3) is 0 Å². The van der Waals surface area contributed by atoms with E-state index in [1.54, 1.807) is 0 Å². The van der Waals surface area contributed by atoms with Crippen LogP contribution in [-0.4, -0.2) is 40.5 Å². The Kier molecular flexibility index (Phi) is 4.48. The predicted molar refractivity (Wildman–Crippen MR) is 86.8 cm³/mol. The summed E-state index contributed by atoms with van der Waals surface area (Å²) in [6.45, 7) is 0.897. The van der Waals surface area contributed by atoms with Crippen molar-refractivity contribution in [3.63, 3.8) is 0 Å². The molecular weight excluding hydrogens is 284 g/mol. The van der Waals surface area contributed by atoms with Gasteiger partial charge < -0.3 is 9.72 Å². The number of pyridine rings is 1. The largest absolute Gasteiger partial charge is 0.317 e. The van der Waals surface area contributed by atoms with Crippen molar-refractivity contribution in [2.45, 2.75) is 44.3 Å². The monoisotopic (exact) mass is 306 g/mol. The van der Waals surface area contributed by atoms with Gasteiger partial charge in [-0.1, -0.05) is 11.6 Å². The van der Waals surface area contributed by atoms with Crippen LogP contribution >= 0.6 is 11.6 Å². The topological polar surface area (TPSA) is 32.6 Å². The van der Waals surface area contributed by atoms with Crippen LogP contribution in [0.25, 0.3) is 5.65 Å². The molecule has 0 atom stereocenters. The first-order valence-corrected chi connectivity index (χ1v) is 8.04. The lowest BCUT2D eigenvalue weighted by Crippen LogP contribution is -2.39. The maximum Gasteiger partial charge on any atom is 0.137 e. The van der Waals surface area contributed by atoms with Crippen molar-refractivity contribution in [2.75, 3.05) is 14.1 Å². The van der Waals surface area contributed by atoms with Gasteiger partial charge in [-0.3, -0.25) is 4.90 Å². The van der Waals surface area contributed by atoms with Crippen LogP contribution < -0.4 is 5.32 Å². The van der Waals surface area contributed by atoms with Crippen molar-refractivity contribution >= 4 is 17.2 Å². The molecular formula is C16H23ClN4. The second-order valence-corrected chi connectivity index (χ2v) is 6.49. The smallest absolute Gasteiger partial charge is 0.137 e. The quantitative estimate of drug-likeness (QED) is 0.942. The van der Waals surface area contributed by atoms with Crippen LogP contribution in [0.15, 0.2) is 24.5 Å². The minimum absolute atomic E-state index is 0.669. The lowest BCUT2D eigenvalue weighted by atomic mass is 9.90. The van der Waals surface area contributed by atoms with E-state index in [0.717, 1.165) is 22.9 Å². The van der Waals surface area contributed by atoms with Crippen LogP contribution in [0.3, 0.4) is 0 Å². The van der Waals surface area contributed by atoms with Crippen molar-refractivity contribution in [3.05, 3.63) is 35.2 Å². The molecule has 5 heteroatoms. The summed E-state index contributed by atoms with van der Waals surface area (Å²) < 4.78 is 2.00. The molecule has 2 aromatic rings. The van der Waals surface area contributed by atoms with E-state index in [1.165, 1.54) is 25.7 Å². The van der Waals surface area contributed by atoms with E-state index in [1.807, 2.05) is 22.7 Å². The first-order valence-electron chi connectivity index (χ1n) is 7.66. The maximum atomic E-state index is 6.02. The highest BCUT2D eigenvalue weighted by atomic mass is 35.5. The summed E-state index contributed by atoms with van der Waals surface area (Å²) in [6, 6.07) is 5.22. The van der Waals surface area contributed by atoms with Gasteiger partial charge in [-0.25, -0.2) is 4.98 Å². The van der Waals surface area contributed by atoms with Gasteiger partial charge in [0.2, 0.25) is 0 Å². The fourth-order valence-electron chi connectivity index (χ4n) is 3.28. The molecule has 2 heterocycles. The molecule has 0 aliphatic heterocycles. The molecule has 0 amide bonds. The van der Waals surface area contributed by atoms with Crippen LogP contribution in [0.1, 0.15) is 31.4 Å². The highest BCUT2D eigenvalue weighted by Crippen LogP contribution is 2.23. The van der Waals surface area contributed by atoms with E-state index in [-0.39, 0.29) is 0 Å². The van der Waals surface area contributed by atoms with Crippen LogP contribution in [0.5, 0.6) is 0 Å². The van der Waals surface area contributed by atoms with Crippen LogP contribution in [-0.2, 0) is 6.54 Å². The van der Waals surface area contributed by atoms with Gasteiger partial charge in [-0.05, 0) is 51.9 Å². The molecule has 2 aromatic heterocycles. The maximum absolute atomic E-state index is 6.02. The first-order chi connectivity index (χ1) is 10.2. The molecule has 21 heavy (non-hydrogen) atoms. The van der Waals surface area contributed by atoms with Gasteiger partial charge in [0.15, 0.2) is 0 Å². The Balaban J connectivity index is 1.64. The van der Waals surface area contributed by atoms with E-state index in [9.17, 15) is 0 Å². The van der Waals surface area contributed by atoms with Crippen LogP contribution in [0.2, 0.25) is 5.02 Å². The minimum atomic E-state index is 0.669. The Morgan fingerprint density at radius 2 is 2.05 bits per heavy atom. The summed E-state index contributed by atoms with van der Waals surface area (Å²) in [5.74, 6) is 0. The fraction of sp³-hybridized carbons (Fsp3) is 0.562. The molecule has 0 unspecified atom stereocenters. The third-order valence-electron chi connectivity index (χ3n) is 4.60. The Bertz CT molecular complexity index is 601. The number of nitrogens with one attached hydrogen (secondary N) is 1. The van der Waals surface area contributed by atoms with Crippen LogP contribution in [0.4, 0.5) is 0 Å². The zero-order valence-electron chi connectivity index (χ0n) is 12.7. The van der Waals surface area contributed by atoms with Gasteiger partial charge in [0.1, 0.15) is 5.65 Å². The van der Waals surface area contributed by atoms with E-state index in [0.29, 0.717) is 12.1 Å². The van der Waals surface area contributed by atoms with E-state index in [2.05, 4.69) is 35.5 Å². The number of aromatic nitrogens is 2. The highest BCUT2D eigenvalue weighted by molar-refractivity contribution is 6.30. The summed E-state index contributed by atoms with van der Waals surface area (Å²) in [5.41, 5.74) is 2.07. The van der Waals surface area contributed by atoms with Crippen molar-refractivity contribution in [1.82, 2.24) is 19.6 Å². The Labute approximate surface area is 131 Å². The average Bonchev–Trinajstić information content (AvgIpc) is 2.88. The lowest BCUT2D eigenvalue weighted by Gasteiger charge is -2.34. The van der Waals surface area contributed by atoms with Gasteiger partial charge >= 0.3 is 0 Å². The highest BCUT2D eigenvalue weighted by Gasteiger charge is 2.23. The van der Waals surface area contributed by atoms with Crippen molar-refractivity contribution in [3.8, 4) is 0 Å². The summed E-state index contributed by atoms with van der Waals surface area (Å²) in [7, 11) is 4.28. The standard InChI is InChI=1S/C16H23ClN4/c1-18-13-4-6-15(7-5-13)20(2)10-14-11-21-9-12(17)3-8-16(21)19-14/h3,8-9,11,13,15,18H,4-7,10H2,1-2H3. The molecule has 1 aliphatic carbocycles. The third-order valence-corrected chi connectivity index (χ3v) is 4.83. The summed E-state index contributed by atoms with van der Waals surface area (Å²) in [4.78, 5) is 7.11. The molecule has 1 fully saturated rings. The molecule has 0 saturated heterocycles. The minimum Gasteiger partial charge on any atom is -0.317 e.